The molecular weight excluding hydrogens is 386 g/mol. The van der Waals surface area contributed by atoms with Gasteiger partial charge in [-0.2, -0.15) is 10.4 Å². The van der Waals surface area contributed by atoms with Crippen LogP contribution in [0.3, 0.4) is 0 Å². The number of nitrogens with two attached hydrogens (primary N) is 1. The summed E-state index contributed by atoms with van der Waals surface area (Å²) in [5, 5.41) is 14.3. The number of hydrogen-bond acceptors (Lipinski definition) is 4. The van der Waals surface area contributed by atoms with Crippen molar-refractivity contribution >= 4 is 17.5 Å². The molecule has 146 valence electrons. The van der Waals surface area contributed by atoms with Gasteiger partial charge in [0, 0.05) is 29.7 Å². The summed E-state index contributed by atoms with van der Waals surface area (Å²) in [4.78, 5) is 14.8. The minimum Gasteiger partial charge on any atom is -0.336 e. The number of carbonyl (C=O) groups is 1. The highest BCUT2D eigenvalue weighted by molar-refractivity contribution is 6.30. The number of nitrogens with zero attached hydrogens (tertiary/aromatic N) is 4. The van der Waals surface area contributed by atoms with Gasteiger partial charge in [0.15, 0.2) is 5.69 Å². The lowest BCUT2D eigenvalue weighted by atomic mass is 10.1. The smallest absolute Gasteiger partial charge is 0.274 e. The van der Waals surface area contributed by atoms with Gasteiger partial charge in [-0.25, -0.2) is 4.68 Å². The second kappa shape index (κ2) is 8.08. The van der Waals surface area contributed by atoms with E-state index in [0.29, 0.717) is 29.4 Å². The van der Waals surface area contributed by atoms with Crippen molar-refractivity contribution in [3.63, 3.8) is 0 Å². The van der Waals surface area contributed by atoms with Crippen LogP contribution in [0, 0.1) is 11.3 Å². The van der Waals surface area contributed by atoms with Crippen LogP contribution in [0.1, 0.15) is 28.9 Å². The van der Waals surface area contributed by atoms with Crippen molar-refractivity contribution < 1.29 is 4.79 Å². The molecule has 0 saturated carbocycles. The lowest BCUT2D eigenvalue weighted by Gasteiger charge is -2.30. The average Bonchev–Trinajstić information content (AvgIpc) is 3.19. The number of likely N-dealkylation sites (tertiary alicyclic amines) is 1. The topological polar surface area (TPSA) is 87.9 Å². The SMILES string of the molecule is N#Cc1ccc(-c2cc(C(=O)N3CCC[C@@H](N)C3)nn2-c2ccc(Cl)cc2)cc1. The summed E-state index contributed by atoms with van der Waals surface area (Å²) >= 11 is 6.03. The number of rotatable bonds is 3. The fraction of sp³-hybridized carbons (Fsp3) is 0.227. The Morgan fingerprint density at radius 1 is 1.17 bits per heavy atom. The van der Waals surface area contributed by atoms with Gasteiger partial charge in [-0.15, -0.1) is 0 Å². The van der Waals surface area contributed by atoms with Crippen molar-refractivity contribution in [2.75, 3.05) is 13.1 Å². The molecule has 0 bridgehead atoms. The second-order valence-corrected chi connectivity index (χ2v) is 7.58. The van der Waals surface area contributed by atoms with E-state index < -0.39 is 0 Å². The number of halogens is 1. The van der Waals surface area contributed by atoms with Gasteiger partial charge in [-0.1, -0.05) is 23.7 Å². The molecule has 7 heteroatoms. The molecule has 1 saturated heterocycles. The molecule has 0 unspecified atom stereocenters. The first-order valence-corrected chi connectivity index (χ1v) is 9.84. The summed E-state index contributed by atoms with van der Waals surface area (Å²) in [6.45, 7) is 1.23. The third kappa shape index (κ3) is 4.02. The van der Waals surface area contributed by atoms with Crippen LogP contribution < -0.4 is 5.73 Å². The summed E-state index contributed by atoms with van der Waals surface area (Å²) in [6, 6.07) is 18.4. The van der Waals surface area contributed by atoms with Gasteiger partial charge in [0.25, 0.3) is 5.91 Å². The van der Waals surface area contributed by atoms with E-state index in [0.717, 1.165) is 29.8 Å². The molecule has 0 spiro atoms. The Balaban J connectivity index is 1.76. The quantitative estimate of drug-likeness (QED) is 0.720. The highest BCUT2D eigenvalue weighted by Crippen LogP contribution is 2.26. The first-order chi connectivity index (χ1) is 14.0. The lowest BCUT2D eigenvalue weighted by Crippen LogP contribution is -2.45. The van der Waals surface area contributed by atoms with E-state index in [2.05, 4.69) is 11.2 Å². The molecule has 2 N–H and O–H groups in total. The Bertz CT molecular complexity index is 1070. The largest absolute Gasteiger partial charge is 0.336 e. The van der Waals surface area contributed by atoms with Crippen molar-refractivity contribution in [1.29, 1.82) is 5.26 Å². The summed E-state index contributed by atoms with van der Waals surface area (Å²) in [5.74, 6) is -0.122. The van der Waals surface area contributed by atoms with Crippen molar-refractivity contribution in [3.8, 4) is 23.0 Å². The number of aromatic nitrogens is 2. The summed E-state index contributed by atoms with van der Waals surface area (Å²) in [6.07, 6.45) is 1.83. The van der Waals surface area contributed by atoms with Crippen LogP contribution in [-0.4, -0.2) is 39.7 Å². The Morgan fingerprint density at radius 3 is 2.55 bits per heavy atom. The Morgan fingerprint density at radius 2 is 1.90 bits per heavy atom. The van der Waals surface area contributed by atoms with Crippen molar-refractivity contribution in [1.82, 2.24) is 14.7 Å². The number of hydrogen-bond donors (Lipinski definition) is 1. The standard InChI is InChI=1S/C22H20ClN5O/c23-17-7-9-19(10-8-17)28-21(16-5-3-15(13-24)4-6-16)12-20(26-28)22(29)27-11-1-2-18(25)14-27/h3-10,12,18H,1-2,11,14,25H2/t18-/m1/s1. The van der Waals surface area contributed by atoms with Gasteiger partial charge in [0.2, 0.25) is 0 Å². The lowest BCUT2D eigenvalue weighted by molar-refractivity contribution is 0.0702. The van der Waals surface area contributed by atoms with E-state index >= 15 is 0 Å². The molecule has 4 rings (SSSR count). The van der Waals surface area contributed by atoms with E-state index in [4.69, 9.17) is 22.6 Å². The van der Waals surface area contributed by atoms with Crippen LogP contribution in [0.2, 0.25) is 5.02 Å². The number of benzene rings is 2. The molecule has 0 radical (unpaired) electrons. The third-order valence-corrected chi connectivity index (χ3v) is 5.31. The van der Waals surface area contributed by atoms with Crippen LogP contribution >= 0.6 is 11.6 Å². The maximum atomic E-state index is 13.1. The van der Waals surface area contributed by atoms with Crippen LogP contribution in [0.25, 0.3) is 16.9 Å². The molecule has 1 aliphatic rings. The van der Waals surface area contributed by atoms with E-state index in [9.17, 15) is 4.79 Å². The van der Waals surface area contributed by atoms with Crippen LogP contribution in [0.15, 0.2) is 54.6 Å². The maximum absolute atomic E-state index is 13.1. The molecule has 2 aromatic carbocycles. The minimum absolute atomic E-state index is 0.00375. The molecule has 2 heterocycles. The van der Waals surface area contributed by atoms with E-state index in [1.807, 2.05) is 24.3 Å². The predicted molar refractivity (Wildman–Crippen MR) is 112 cm³/mol. The molecule has 1 atom stereocenters. The summed E-state index contributed by atoms with van der Waals surface area (Å²) < 4.78 is 1.73. The maximum Gasteiger partial charge on any atom is 0.274 e. The van der Waals surface area contributed by atoms with Gasteiger partial charge < -0.3 is 10.6 Å². The average molecular weight is 406 g/mol. The van der Waals surface area contributed by atoms with E-state index in [1.165, 1.54) is 0 Å². The highest BCUT2D eigenvalue weighted by Gasteiger charge is 2.25. The van der Waals surface area contributed by atoms with Gasteiger partial charge >= 0.3 is 0 Å². The second-order valence-electron chi connectivity index (χ2n) is 7.15. The predicted octanol–water partition coefficient (Wildman–Crippen LogP) is 3.63. The molecule has 29 heavy (non-hydrogen) atoms. The minimum atomic E-state index is -0.122. The summed E-state index contributed by atoms with van der Waals surface area (Å²) in [7, 11) is 0. The van der Waals surface area contributed by atoms with Gasteiger partial charge in [-0.05, 0) is 55.3 Å². The van der Waals surface area contributed by atoms with Crippen LogP contribution in [-0.2, 0) is 0 Å². The molecule has 0 aliphatic carbocycles. The molecule has 6 nitrogen and oxygen atoms in total. The van der Waals surface area contributed by atoms with Crippen molar-refractivity contribution in [3.05, 3.63) is 70.9 Å². The number of amides is 1. The van der Waals surface area contributed by atoms with E-state index in [1.54, 1.807) is 39.9 Å². The molecule has 1 aromatic heterocycles. The molecule has 3 aromatic rings. The van der Waals surface area contributed by atoms with Crippen LogP contribution in [0.5, 0.6) is 0 Å². The zero-order valence-corrected chi connectivity index (χ0v) is 16.5. The fourth-order valence-corrected chi connectivity index (χ4v) is 3.67. The highest BCUT2D eigenvalue weighted by atomic mass is 35.5. The van der Waals surface area contributed by atoms with Crippen molar-refractivity contribution in [2.45, 2.75) is 18.9 Å². The normalized spacial score (nSPS) is 16.4. The number of nitriles is 1. The van der Waals surface area contributed by atoms with Gasteiger partial charge in [0.1, 0.15) is 0 Å². The molecule has 1 fully saturated rings. The van der Waals surface area contributed by atoms with Gasteiger partial charge in [-0.3, -0.25) is 4.79 Å². The number of piperidine rings is 1. The molecule has 1 aliphatic heterocycles. The zero-order chi connectivity index (χ0) is 20.4. The van der Waals surface area contributed by atoms with Gasteiger partial charge in [0.05, 0.1) is 23.0 Å². The number of carbonyl (C=O) groups excluding carboxylic acids is 1. The summed E-state index contributed by atoms with van der Waals surface area (Å²) in [5.41, 5.74) is 9.41. The molecular formula is C22H20ClN5O. The van der Waals surface area contributed by atoms with Crippen molar-refractivity contribution in [2.24, 2.45) is 5.73 Å². The Kier molecular flexibility index (Phi) is 5.34. The first-order valence-electron chi connectivity index (χ1n) is 9.46. The zero-order valence-electron chi connectivity index (χ0n) is 15.8. The van der Waals surface area contributed by atoms with E-state index in [-0.39, 0.29) is 11.9 Å². The Labute approximate surface area is 174 Å². The third-order valence-electron chi connectivity index (χ3n) is 5.05. The monoisotopic (exact) mass is 405 g/mol. The van der Waals surface area contributed by atoms with Crippen LogP contribution in [0.4, 0.5) is 0 Å². The fourth-order valence-electron chi connectivity index (χ4n) is 3.54. The Hall–Kier alpha value is -3.14. The molecule has 1 amide bonds. The first kappa shape index (κ1) is 19.2.